The van der Waals surface area contributed by atoms with Gasteiger partial charge in [0.2, 0.25) is 0 Å². The van der Waals surface area contributed by atoms with Crippen molar-refractivity contribution >= 4 is 5.69 Å². The monoisotopic (exact) mass is 823 g/mol. The third-order valence-corrected chi connectivity index (χ3v) is 16.8. The van der Waals surface area contributed by atoms with Crippen molar-refractivity contribution in [1.29, 1.82) is 0 Å². The smallest absolute Gasteiger partial charge is 0.143 e. The molecule has 3 fully saturated rings. The lowest BCUT2D eigenvalue weighted by Crippen LogP contribution is -2.68. The summed E-state index contributed by atoms with van der Waals surface area (Å²) in [6.07, 6.45) is 38.7. The third-order valence-electron chi connectivity index (χ3n) is 16.8. The summed E-state index contributed by atoms with van der Waals surface area (Å²) in [5, 5.41) is 12.8. The normalized spacial score (nSPS) is 38.2. The highest BCUT2D eigenvalue weighted by Crippen LogP contribution is 2.61. The van der Waals surface area contributed by atoms with Gasteiger partial charge in [-0.2, -0.15) is 0 Å². The molecule has 13 rings (SSSR count). The first-order valence-electron chi connectivity index (χ1n) is 24.1. The molecule has 11 aliphatic rings. The van der Waals surface area contributed by atoms with Gasteiger partial charge < -0.3 is 19.3 Å². The van der Waals surface area contributed by atoms with E-state index in [-0.39, 0.29) is 60.0 Å². The quantitative estimate of drug-likeness (QED) is 0.266. The van der Waals surface area contributed by atoms with E-state index in [1.54, 1.807) is 11.1 Å². The maximum absolute atomic E-state index is 6.96. The zero-order valence-corrected chi connectivity index (χ0v) is 36.3. The van der Waals surface area contributed by atoms with Gasteiger partial charge in [0, 0.05) is 23.1 Å². The van der Waals surface area contributed by atoms with Crippen molar-refractivity contribution < 1.29 is 9.47 Å². The summed E-state index contributed by atoms with van der Waals surface area (Å²) in [6.45, 7) is 5.13. The lowest BCUT2D eigenvalue weighted by Gasteiger charge is -2.55. The standard InChI is InChI=1S/C55H61N5O2/c1-55(2)40-22-7-6-19-36(40)37-20-15-21-38(50(37)55)53-56-52(33-16-4-3-5-17-33)57-54(58-53)39-31-35-30-34-18-14-29-49-51(34)60(43-25-10-13-28-48(43)62-49)44(35)32-45(39)59-41-23-8-11-26-46(41)61-47-27-12-9-24-42(47)59/h3-5,10-11,13-17,19-21,25-26,28-32,35,38,40,42,44,47,49-54,56-58H,6-9,12,18,22-24,27H2,1-2H3. The Morgan fingerprint density at radius 2 is 1.65 bits per heavy atom. The summed E-state index contributed by atoms with van der Waals surface area (Å²) in [4.78, 5) is 5.56. The first kappa shape index (κ1) is 37.7. The number of nitrogens with one attached hydrogen (secondary N) is 3. The number of nitrogens with zero attached hydrogens (tertiary/aromatic N) is 2. The van der Waals surface area contributed by atoms with Crippen LogP contribution < -0.4 is 25.6 Å². The van der Waals surface area contributed by atoms with Crippen LogP contribution in [0.1, 0.15) is 89.8 Å². The lowest BCUT2D eigenvalue weighted by atomic mass is 9.66. The number of rotatable bonds is 4. The van der Waals surface area contributed by atoms with E-state index in [4.69, 9.17) is 9.47 Å². The van der Waals surface area contributed by atoms with Crippen LogP contribution in [0.2, 0.25) is 0 Å². The van der Waals surface area contributed by atoms with Gasteiger partial charge in [-0.3, -0.25) is 16.0 Å². The lowest BCUT2D eigenvalue weighted by molar-refractivity contribution is -0.00795. The number of hydrogen-bond acceptors (Lipinski definition) is 7. The summed E-state index contributed by atoms with van der Waals surface area (Å²) in [5.41, 5.74) is 11.4. The van der Waals surface area contributed by atoms with Crippen molar-refractivity contribution in [3.63, 3.8) is 0 Å². The van der Waals surface area contributed by atoms with Gasteiger partial charge in [0.05, 0.1) is 48.0 Å². The van der Waals surface area contributed by atoms with E-state index in [0.717, 1.165) is 43.6 Å². The number of allylic oxidation sites excluding steroid dienone is 9. The van der Waals surface area contributed by atoms with Crippen molar-refractivity contribution in [2.24, 2.45) is 29.1 Å². The molecule has 0 bridgehead atoms. The van der Waals surface area contributed by atoms with Gasteiger partial charge in [0.1, 0.15) is 23.7 Å². The van der Waals surface area contributed by atoms with E-state index in [2.05, 4.69) is 161 Å². The third kappa shape index (κ3) is 5.80. The van der Waals surface area contributed by atoms with Crippen LogP contribution >= 0.6 is 0 Å². The molecule has 0 amide bonds. The predicted molar refractivity (Wildman–Crippen MR) is 246 cm³/mol. The van der Waals surface area contributed by atoms with Gasteiger partial charge in [-0.15, -0.1) is 0 Å². The van der Waals surface area contributed by atoms with Gasteiger partial charge in [-0.1, -0.05) is 111 Å². The number of anilines is 1. The van der Waals surface area contributed by atoms with E-state index in [1.807, 2.05) is 0 Å². The molecule has 1 saturated heterocycles. The highest BCUT2D eigenvalue weighted by molar-refractivity contribution is 5.68. The topological polar surface area (TPSA) is 61.0 Å². The van der Waals surface area contributed by atoms with E-state index in [0.29, 0.717) is 17.9 Å². The molecule has 4 aliphatic heterocycles. The van der Waals surface area contributed by atoms with Crippen molar-refractivity contribution in [1.82, 2.24) is 20.9 Å². The molecule has 318 valence electrons. The minimum absolute atomic E-state index is 0.000887. The number of benzene rings is 2. The fourth-order valence-electron chi connectivity index (χ4n) is 14.1. The summed E-state index contributed by atoms with van der Waals surface area (Å²) in [5.74, 6) is 3.60. The Morgan fingerprint density at radius 3 is 2.58 bits per heavy atom. The van der Waals surface area contributed by atoms with Gasteiger partial charge in [0.15, 0.2) is 0 Å². The van der Waals surface area contributed by atoms with E-state index in [1.165, 1.54) is 65.9 Å². The second-order valence-electron chi connectivity index (χ2n) is 20.4. The van der Waals surface area contributed by atoms with E-state index in [9.17, 15) is 0 Å². The molecule has 2 aromatic rings. The largest absolute Gasteiger partial charge is 0.486 e. The minimum Gasteiger partial charge on any atom is -0.486 e. The van der Waals surface area contributed by atoms with Crippen molar-refractivity contribution in [2.75, 3.05) is 4.90 Å². The first-order valence-corrected chi connectivity index (χ1v) is 24.1. The van der Waals surface area contributed by atoms with E-state index >= 15 is 0 Å². The van der Waals surface area contributed by atoms with E-state index < -0.39 is 0 Å². The Labute approximate surface area is 367 Å². The molecule has 0 radical (unpaired) electrons. The van der Waals surface area contributed by atoms with Crippen LogP contribution in [0.4, 0.5) is 5.69 Å². The van der Waals surface area contributed by atoms with Crippen LogP contribution in [0.3, 0.4) is 0 Å². The molecule has 2 aromatic carbocycles. The molecule has 7 heteroatoms. The van der Waals surface area contributed by atoms with Crippen LogP contribution in [0, 0.1) is 29.1 Å². The second kappa shape index (κ2) is 14.6. The number of fused-ring (bicyclic) bond motifs is 8. The molecule has 0 aromatic heterocycles. The zero-order chi connectivity index (χ0) is 41.1. The Balaban J connectivity index is 0.967. The number of hydrogen-bond donors (Lipinski definition) is 3. The van der Waals surface area contributed by atoms with Gasteiger partial charge in [-0.05, 0) is 128 Å². The molecule has 62 heavy (non-hydrogen) atoms. The fourth-order valence-corrected chi connectivity index (χ4v) is 14.1. The zero-order valence-electron chi connectivity index (χ0n) is 36.3. The fraction of sp³-hybridized carbons (Fsp3) is 0.455. The highest BCUT2D eigenvalue weighted by atomic mass is 16.5. The van der Waals surface area contributed by atoms with Crippen LogP contribution in [0.5, 0.6) is 5.75 Å². The molecule has 3 N–H and O–H groups in total. The van der Waals surface area contributed by atoms with Crippen LogP contribution in [0.15, 0.2) is 161 Å². The average Bonchev–Trinajstić information content (AvgIpc) is 3.56. The Bertz CT molecular complexity index is 2450. The average molecular weight is 824 g/mol. The van der Waals surface area contributed by atoms with Crippen molar-refractivity contribution in [2.45, 2.75) is 127 Å². The van der Waals surface area contributed by atoms with Gasteiger partial charge in [0.25, 0.3) is 0 Å². The van der Waals surface area contributed by atoms with Gasteiger partial charge in [-0.25, -0.2) is 0 Å². The highest BCUT2D eigenvalue weighted by Gasteiger charge is 2.55. The molecule has 0 spiro atoms. The SMILES string of the molecule is CC1(C)C2CCCC=C2C2=CC=CC(C3NC(C4=CC5C=C6CC=CC7Oc8ccccc8N(C5C=C4N4C5=C(C=CCC5)OC5CCCCC54)C67)NC(c4ccccc4)N3)C21. The summed E-state index contributed by atoms with van der Waals surface area (Å²) in [7, 11) is 0. The number of para-hydroxylation sites is 2. The Hall–Kier alpha value is -4.82. The molecule has 7 nitrogen and oxygen atoms in total. The minimum atomic E-state index is -0.104. The molecule has 7 aliphatic carbocycles. The second-order valence-corrected chi connectivity index (χ2v) is 20.4. The molecule has 4 heterocycles. The van der Waals surface area contributed by atoms with Crippen LogP contribution in [-0.4, -0.2) is 47.6 Å². The predicted octanol–water partition coefficient (Wildman–Crippen LogP) is 10.2. The maximum atomic E-state index is 6.96. The molecular weight excluding hydrogens is 763 g/mol. The Morgan fingerprint density at radius 1 is 0.774 bits per heavy atom. The molecule has 12 atom stereocenters. The maximum Gasteiger partial charge on any atom is 0.143 e. The Kier molecular flexibility index (Phi) is 8.89. The summed E-state index contributed by atoms with van der Waals surface area (Å²) < 4.78 is 13.7. The summed E-state index contributed by atoms with van der Waals surface area (Å²) in [6, 6.07) is 20.5. The molecule has 12 unspecified atom stereocenters. The van der Waals surface area contributed by atoms with Crippen LogP contribution in [-0.2, 0) is 4.74 Å². The summed E-state index contributed by atoms with van der Waals surface area (Å²) >= 11 is 0. The first-order chi connectivity index (χ1) is 30.5. The van der Waals surface area contributed by atoms with Crippen molar-refractivity contribution in [3.05, 3.63) is 166 Å². The number of ether oxygens (including phenoxy) is 2. The van der Waals surface area contributed by atoms with Crippen molar-refractivity contribution in [3.8, 4) is 5.75 Å². The molecule has 2 saturated carbocycles. The molecular formula is C55H61N5O2. The van der Waals surface area contributed by atoms with Gasteiger partial charge >= 0.3 is 0 Å². The van der Waals surface area contributed by atoms with Crippen LogP contribution in [0.25, 0.3) is 0 Å².